The second kappa shape index (κ2) is 4.30. The van der Waals surface area contributed by atoms with Crippen LogP contribution < -0.4 is 5.73 Å². The Kier molecular flexibility index (Phi) is 3.34. The van der Waals surface area contributed by atoms with E-state index in [2.05, 4.69) is 4.99 Å². The Labute approximate surface area is 73.4 Å². The van der Waals surface area contributed by atoms with Crippen LogP contribution >= 0.6 is 0 Å². The van der Waals surface area contributed by atoms with Crippen molar-refractivity contribution in [2.45, 2.75) is 18.9 Å². The third kappa shape index (κ3) is 3.09. The van der Waals surface area contributed by atoms with Crippen molar-refractivity contribution in [3.05, 3.63) is 0 Å². The second-order valence-electron chi connectivity index (χ2n) is 3.13. The molecule has 0 amide bonds. The minimum Gasteiger partial charge on any atom is -0.383 e. The van der Waals surface area contributed by atoms with Crippen molar-refractivity contribution < 1.29 is 4.74 Å². The van der Waals surface area contributed by atoms with Gasteiger partial charge in [0, 0.05) is 20.7 Å². The SMILES string of the molecule is COCCN(C)C(N)=NC1CC1. The lowest BCUT2D eigenvalue weighted by Gasteiger charge is -2.16. The number of rotatable bonds is 4. The topological polar surface area (TPSA) is 50.9 Å². The van der Waals surface area contributed by atoms with E-state index in [0.29, 0.717) is 18.6 Å². The molecule has 0 radical (unpaired) electrons. The van der Waals surface area contributed by atoms with Gasteiger partial charge in [-0.15, -0.1) is 0 Å². The molecular formula is C8H17N3O. The molecule has 0 unspecified atom stereocenters. The molecule has 4 heteroatoms. The predicted octanol–water partition coefficient (Wildman–Crippen LogP) is 0.0417. The van der Waals surface area contributed by atoms with E-state index in [1.807, 2.05) is 11.9 Å². The Balaban J connectivity index is 2.23. The number of methoxy groups -OCH3 is 1. The summed E-state index contributed by atoms with van der Waals surface area (Å²) in [6, 6.07) is 0.495. The van der Waals surface area contributed by atoms with Gasteiger partial charge >= 0.3 is 0 Å². The molecule has 0 saturated heterocycles. The second-order valence-corrected chi connectivity index (χ2v) is 3.13. The molecule has 1 aliphatic carbocycles. The van der Waals surface area contributed by atoms with Gasteiger partial charge in [-0.2, -0.15) is 0 Å². The number of nitrogens with two attached hydrogens (primary N) is 1. The Hall–Kier alpha value is -0.770. The van der Waals surface area contributed by atoms with E-state index in [9.17, 15) is 0 Å². The lowest BCUT2D eigenvalue weighted by Crippen LogP contribution is -2.36. The highest BCUT2D eigenvalue weighted by atomic mass is 16.5. The van der Waals surface area contributed by atoms with Crippen molar-refractivity contribution >= 4 is 5.96 Å². The molecule has 1 rings (SSSR count). The Morgan fingerprint density at radius 3 is 2.83 bits per heavy atom. The van der Waals surface area contributed by atoms with Crippen LogP contribution in [0.15, 0.2) is 4.99 Å². The average molecular weight is 171 g/mol. The van der Waals surface area contributed by atoms with Crippen LogP contribution in [0.25, 0.3) is 0 Å². The van der Waals surface area contributed by atoms with Crippen molar-refractivity contribution in [1.82, 2.24) is 4.90 Å². The molecule has 2 N–H and O–H groups in total. The molecule has 1 saturated carbocycles. The van der Waals surface area contributed by atoms with Crippen LogP contribution in [0, 0.1) is 0 Å². The third-order valence-corrected chi connectivity index (χ3v) is 1.88. The summed E-state index contributed by atoms with van der Waals surface area (Å²) in [4.78, 5) is 6.22. The molecule has 0 bridgehead atoms. The van der Waals surface area contributed by atoms with Gasteiger partial charge in [0.2, 0.25) is 0 Å². The standard InChI is InChI=1S/C8H17N3O/c1-11(5-6-12-2)8(9)10-7-3-4-7/h7H,3-6H2,1-2H3,(H2,9,10). The highest BCUT2D eigenvalue weighted by Crippen LogP contribution is 2.23. The van der Waals surface area contributed by atoms with E-state index in [-0.39, 0.29) is 0 Å². The average Bonchev–Trinajstić information content (AvgIpc) is 2.83. The van der Waals surface area contributed by atoms with Gasteiger partial charge in [-0.05, 0) is 12.8 Å². The van der Waals surface area contributed by atoms with Gasteiger partial charge in [0.05, 0.1) is 12.6 Å². The smallest absolute Gasteiger partial charge is 0.191 e. The largest absolute Gasteiger partial charge is 0.383 e. The van der Waals surface area contributed by atoms with Crippen LogP contribution in [-0.2, 0) is 4.74 Å². The van der Waals surface area contributed by atoms with E-state index in [1.165, 1.54) is 12.8 Å². The van der Waals surface area contributed by atoms with E-state index < -0.39 is 0 Å². The number of nitrogens with zero attached hydrogens (tertiary/aromatic N) is 2. The molecule has 4 nitrogen and oxygen atoms in total. The van der Waals surface area contributed by atoms with E-state index in [4.69, 9.17) is 10.5 Å². The number of likely N-dealkylation sites (N-methyl/N-ethyl adjacent to an activating group) is 1. The van der Waals surface area contributed by atoms with Gasteiger partial charge < -0.3 is 15.4 Å². The van der Waals surface area contributed by atoms with Crippen LogP contribution in [0.3, 0.4) is 0 Å². The van der Waals surface area contributed by atoms with Gasteiger partial charge in [-0.1, -0.05) is 0 Å². The quantitative estimate of drug-likeness (QED) is 0.480. The third-order valence-electron chi connectivity index (χ3n) is 1.88. The molecule has 0 aromatic carbocycles. The van der Waals surface area contributed by atoms with Gasteiger partial charge in [0.15, 0.2) is 5.96 Å². The number of aliphatic imine (C=N–C) groups is 1. The molecule has 0 aliphatic heterocycles. The number of hydrogen-bond acceptors (Lipinski definition) is 2. The molecular weight excluding hydrogens is 154 g/mol. The Morgan fingerprint density at radius 2 is 2.33 bits per heavy atom. The van der Waals surface area contributed by atoms with Gasteiger partial charge in [0.25, 0.3) is 0 Å². The molecule has 0 spiro atoms. The van der Waals surface area contributed by atoms with Crippen LogP contribution in [0.1, 0.15) is 12.8 Å². The van der Waals surface area contributed by atoms with Crippen molar-refractivity contribution in [3.8, 4) is 0 Å². The summed E-state index contributed by atoms with van der Waals surface area (Å²) < 4.78 is 4.93. The first-order valence-corrected chi connectivity index (χ1v) is 4.27. The Morgan fingerprint density at radius 1 is 1.67 bits per heavy atom. The van der Waals surface area contributed by atoms with E-state index >= 15 is 0 Å². The molecule has 0 atom stereocenters. The fraction of sp³-hybridized carbons (Fsp3) is 0.875. The monoisotopic (exact) mass is 171 g/mol. The maximum absolute atomic E-state index is 5.72. The lowest BCUT2D eigenvalue weighted by atomic mass is 10.6. The summed E-state index contributed by atoms with van der Waals surface area (Å²) in [6.07, 6.45) is 2.39. The maximum atomic E-state index is 5.72. The van der Waals surface area contributed by atoms with Gasteiger partial charge in [-0.25, -0.2) is 4.99 Å². The summed E-state index contributed by atoms with van der Waals surface area (Å²) in [5.74, 6) is 0.634. The van der Waals surface area contributed by atoms with Gasteiger partial charge in [0.1, 0.15) is 0 Å². The normalized spacial score (nSPS) is 18.0. The fourth-order valence-corrected chi connectivity index (χ4v) is 0.832. The number of ether oxygens (including phenoxy) is 1. The van der Waals surface area contributed by atoms with E-state index in [0.717, 1.165) is 6.54 Å². The molecule has 0 heterocycles. The molecule has 70 valence electrons. The first-order chi connectivity index (χ1) is 5.74. The zero-order chi connectivity index (χ0) is 8.97. The van der Waals surface area contributed by atoms with Crippen LogP contribution in [0.5, 0.6) is 0 Å². The number of hydrogen-bond donors (Lipinski definition) is 1. The highest BCUT2D eigenvalue weighted by Gasteiger charge is 2.21. The molecule has 1 fully saturated rings. The zero-order valence-corrected chi connectivity index (χ0v) is 7.79. The summed E-state index contributed by atoms with van der Waals surface area (Å²) in [5.41, 5.74) is 5.72. The highest BCUT2D eigenvalue weighted by molar-refractivity contribution is 5.78. The molecule has 12 heavy (non-hydrogen) atoms. The van der Waals surface area contributed by atoms with E-state index in [1.54, 1.807) is 7.11 Å². The van der Waals surface area contributed by atoms with Crippen molar-refractivity contribution in [2.75, 3.05) is 27.3 Å². The minimum atomic E-state index is 0.495. The summed E-state index contributed by atoms with van der Waals surface area (Å²) in [5, 5.41) is 0. The lowest BCUT2D eigenvalue weighted by molar-refractivity contribution is 0.182. The van der Waals surface area contributed by atoms with Crippen LogP contribution in [0.4, 0.5) is 0 Å². The Bertz CT molecular complexity index is 166. The van der Waals surface area contributed by atoms with Crippen molar-refractivity contribution in [3.63, 3.8) is 0 Å². The maximum Gasteiger partial charge on any atom is 0.191 e. The molecule has 0 aromatic rings. The first kappa shape index (κ1) is 9.32. The van der Waals surface area contributed by atoms with Crippen molar-refractivity contribution in [2.24, 2.45) is 10.7 Å². The summed E-state index contributed by atoms with van der Waals surface area (Å²) >= 11 is 0. The van der Waals surface area contributed by atoms with Crippen LogP contribution in [0.2, 0.25) is 0 Å². The zero-order valence-electron chi connectivity index (χ0n) is 7.79. The summed E-state index contributed by atoms with van der Waals surface area (Å²) in [7, 11) is 3.61. The fourth-order valence-electron chi connectivity index (χ4n) is 0.832. The first-order valence-electron chi connectivity index (χ1n) is 4.27. The van der Waals surface area contributed by atoms with Crippen molar-refractivity contribution in [1.29, 1.82) is 0 Å². The molecule has 0 aromatic heterocycles. The van der Waals surface area contributed by atoms with Gasteiger partial charge in [-0.3, -0.25) is 0 Å². The minimum absolute atomic E-state index is 0.495. The van der Waals surface area contributed by atoms with Crippen LogP contribution in [-0.4, -0.2) is 44.2 Å². The molecule has 1 aliphatic rings. The predicted molar refractivity (Wildman–Crippen MR) is 49.2 cm³/mol. The number of guanidine groups is 1. The summed E-state index contributed by atoms with van der Waals surface area (Å²) in [6.45, 7) is 1.50.